The molecule has 2 N–H and O–H groups in total. The topological polar surface area (TPSA) is 78.4 Å². The van der Waals surface area contributed by atoms with E-state index in [4.69, 9.17) is 10.5 Å². The summed E-state index contributed by atoms with van der Waals surface area (Å²) in [6.07, 6.45) is 0. The van der Waals surface area contributed by atoms with Crippen LogP contribution in [0.2, 0.25) is 0 Å². The molecular formula is C14H14N2O3S. The molecule has 0 aromatic heterocycles. The fraction of sp³-hybridized carbons (Fsp3) is 0.143. The molecular weight excluding hydrogens is 276 g/mol. The number of non-ortho nitro benzene ring substituents is 1. The molecule has 0 aliphatic rings. The number of nitro benzene ring substituents is 1. The van der Waals surface area contributed by atoms with E-state index in [0.717, 1.165) is 16.3 Å². The van der Waals surface area contributed by atoms with E-state index in [1.807, 2.05) is 24.3 Å². The van der Waals surface area contributed by atoms with Gasteiger partial charge in [0.15, 0.2) is 0 Å². The summed E-state index contributed by atoms with van der Waals surface area (Å²) in [5, 5.41) is 10.5. The van der Waals surface area contributed by atoms with Gasteiger partial charge in [0.25, 0.3) is 5.69 Å². The zero-order valence-electron chi connectivity index (χ0n) is 10.7. The number of ether oxygens (including phenoxy) is 1. The average Bonchev–Trinajstić information content (AvgIpc) is 2.46. The van der Waals surface area contributed by atoms with Gasteiger partial charge < -0.3 is 10.5 Å². The third kappa shape index (κ3) is 3.89. The van der Waals surface area contributed by atoms with Crippen molar-refractivity contribution in [3.63, 3.8) is 0 Å². The lowest BCUT2D eigenvalue weighted by Crippen LogP contribution is -2.00. The number of benzene rings is 2. The first-order valence-electron chi connectivity index (χ1n) is 6.01. The van der Waals surface area contributed by atoms with Crippen molar-refractivity contribution in [2.24, 2.45) is 0 Å². The summed E-state index contributed by atoms with van der Waals surface area (Å²) in [7, 11) is 0. The number of nitrogens with zero attached hydrogens (tertiary/aromatic N) is 1. The maximum absolute atomic E-state index is 10.5. The van der Waals surface area contributed by atoms with E-state index in [1.54, 1.807) is 23.9 Å². The molecule has 5 nitrogen and oxygen atoms in total. The van der Waals surface area contributed by atoms with Crippen molar-refractivity contribution in [2.75, 3.05) is 18.1 Å². The molecule has 0 fully saturated rings. The normalized spacial score (nSPS) is 10.2. The number of anilines is 1. The minimum Gasteiger partial charge on any atom is -0.493 e. The summed E-state index contributed by atoms with van der Waals surface area (Å²) in [6.45, 7) is 0.511. The van der Waals surface area contributed by atoms with Crippen LogP contribution in [0.25, 0.3) is 0 Å². The van der Waals surface area contributed by atoms with Crippen LogP contribution in [0.5, 0.6) is 5.75 Å². The Morgan fingerprint density at radius 2 is 1.85 bits per heavy atom. The molecule has 2 rings (SSSR count). The molecule has 0 bridgehead atoms. The van der Waals surface area contributed by atoms with Crippen molar-refractivity contribution in [3.05, 3.63) is 58.6 Å². The van der Waals surface area contributed by atoms with Crippen LogP contribution in [0.3, 0.4) is 0 Å². The second-order valence-corrected chi connectivity index (χ2v) is 5.12. The Balaban J connectivity index is 1.79. The number of hydrogen-bond donors (Lipinski definition) is 1. The van der Waals surface area contributed by atoms with Gasteiger partial charge in [0.1, 0.15) is 5.75 Å². The number of nitro groups is 1. The highest BCUT2D eigenvalue weighted by molar-refractivity contribution is 7.99. The van der Waals surface area contributed by atoms with Crippen molar-refractivity contribution in [2.45, 2.75) is 4.90 Å². The van der Waals surface area contributed by atoms with Gasteiger partial charge in [-0.15, -0.1) is 11.8 Å². The third-order valence-corrected chi connectivity index (χ3v) is 3.63. The molecule has 6 heteroatoms. The Morgan fingerprint density at radius 1 is 1.15 bits per heavy atom. The summed E-state index contributed by atoms with van der Waals surface area (Å²) in [6, 6.07) is 13.7. The number of nitrogens with two attached hydrogens (primary N) is 1. The van der Waals surface area contributed by atoms with Gasteiger partial charge in [-0.25, -0.2) is 0 Å². The molecule has 0 saturated heterocycles. The van der Waals surface area contributed by atoms with E-state index in [0.29, 0.717) is 12.4 Å². The predicted octanol–water partition coefficient (Wildman–Crippen LogP) is 3.35. The Hall–Kier alpha value is -2.21. The summed E-state index contributed by atoms with van der Waals surface area (Å²) in [5.74, 6) is 1.38. The first-order chi connectivity index (χ1) is 9.66. The summed E-state index contributed by atoms with van der Waals surface area (Å²) in [5.41, 5.74) is 6.65. The van der Waals surface area contributed by atoms with Crippen LogP contribution in [0.4, 0.5) is 11.4 Å². The van der Waals surface area contributed by atoms with Crippen LogP contribution in [-0.4, -0.2) is 17.3 Å². The van der Waals surface area contributed by atoms with Crippen LogP contribution in [0.15, 0.2) is 53.4 Å². The van der Waals surface area contributed by atoms with Gasteiger partial charge in [-0.2, -0.15) is 0 Å². The second-order valence-electron chi connectivity index (χ2n) is 3.99. The predicted molar refractivity (Wildman–Crippen MR) is 80.2 cm³/mol. The van der Waals surface area contributed by atoms with Gasteiger partial charge >= 0.3 is 0 Å². The Bertz CT molecular complexity index is 587. The highest BCUT2D eigenvalue weighted by Crippen LogP contribution is 2.24. The van der Waals surface area contributed by atoms with Crippen molar-refractivity contribution in [1.29, 1.82) is 0 Å². The lowest BCUT2D eigenvalue weighted by Gasteiger charge is -2.07. The summed E-state index contributed by atoms with van der Waals surface area (Å²) in [4.78, 5) is 11.1. The van der Waals surface area contributed by atoms with Crippen LogP contribution in [-0.2, 0) is 0 Å². The highest BCUT2D eigenvalue weighted by Gasteiger charge is 2.04. The van der Waals surface area contributed by atoms with Crippen LogP contribution in [0.1, 0.15) is 0 Å². The van der Waals surface area contributed by atoms with Crippen molar-refractivity contribution in [3.8, 4) is 5.75 Å². The largest absolute Gasteiger partial charge is 0.493 e. The molecule has 0 aliphatic heterocycles. The maximum atomic E-state index is 10.5. The number of thioether (sulfide) groups is 1. The molecule has 0 saturated carbocycles. The first-order valence-corrected chi connectivity index (χ1v) is 7.00. The molecule has 0 spiro atoms. The van der Waals surface area contributed by atoms with Crippen LogP contribution in [0, 0.1) is 10.1 Å². The quantitative estimate of drug-likeness (QED) is 0.290. The summed E-state index contributed by atoms with van der Waals surface area (Å²) >= 11 is 1.62. The van der Waals surface area contributed by atoms with Gasteiger partial charge in [-0.05, 0) is 24.3 Å². The van der Waals surface area contributed by atoms with E-state index < -0.39 is 4.92 Å². The number of para-hydroxylation sites is 1. The Kier molecular flexibility index (Phi) is 4.84. The molecule has 0 unspecified atom stereocenters. The minimum absolute atomic E-state index is 0.0591. The van der Waals surface area contributed by atoms with Crippen molar-refractivity contribution in [1.82, 2.24) is 0 Å². The maximum Gasteiger partial charge on any atom is 0.269 e. The lowest BCUT2D eigenvalue weighted by molar-refractivity contribution is -0.384. The molecule has 0 atom stereocenters. The van der Waals surface area contributed by atoms with E-state index in [9.17, 15) is 10.1 Å². The second kappa shape index (κ2) is 6.81. The molecule has 0 amide bonds. The molecule has 0 aliphatic carbocycles. The Labute approximate surface area is 120 Å². The number of nitrogen functional groups attached to an aromatic ring is 1. The van der Waals surface area contributed by atoms with Crippen LogP contribution < -0.4 is 10.5 Å². The molecule has 2 aromatic rings. The van der Waals surface area contributed by atoms with Crippen molar-refractivity contribution < 1.29 is 9.66 Å². The fourth-order valence-corrected chi connectivity index (χ4v) is 2.38. The van der Waals surface area contributed by atoms with Crippen molar-refractivity contribution >= 4 is 23.1 Å². The average molecular weight is 290 g/mol. The lowest BCUT2D eigenvalue weighted by atomic mass is 10.3. The van der Waals surface area contributed by atoms with Gasteiger partial charge in [0.05, 0.1) is 11.5 Å². The summed E-state index contributed by atoms with van der Waals surface area (Å²) < 4.78 is 5.52. The zero-order chi connectivity index (χ0) is 14.4. The smallest absolute Gasteiger partial charge is 0.269 e. The van der Waals surface area contributed by atoms with E-state index in [-0.39, 0.29) is 5.69 Å². The molecule has 20 heavy (non-hydrogen) atoms. The number of rotatable bonds is 6. The Morgan fingerprint density at radius 3 is 2.50 bits per heavy atom. The monoisotopic (exact) mass is 290 g/mol. The highest BCUT2D eigenvalue weighted by atomic mass is 32.2. The SMILES string of the molecule is Nc1ccccc1SCCOc1ccc([N+](=O)[O-])cc1. The molecule has 0 heterocycles. The van der Waals surface area contributed by atoms with Gasteiger partial charge in [0.2, 0.25) is 0 Å². The van der Waals surface area contributed by atoms with Gasteiger partial charge in [-0.3, -0.25) is 10.1 Å². The van der Waals surface area contributed by atoms with Gasteiger partial charge in [0, 0.05) is 28.5 Å². The van der Waals surface area contributed by atoms with E-state index >= 15 is 0 Å². The fourth-order valence-electron chi connectivity index (χ4n) is 1.59. The van der Waals surface area contributed by atoms with Crippen LogP contribution >= 0.6 is 11.8 Å². The third-order valence-electron chi connectivity index (χ3n) is 2.58. The standard InChI is InChI=1S/C14H14N2O3S/c15-13-3-1-2-4-14(13)20-10-9-19-12-7-5-11(6-8-12)16(17)18/h1-8H,9-10,15H2. The molecule has 104 valence electrons. The first kappa shape index (κ1) is 14.2. The zero-order valence-corrected chi connectivity index (χ0v) is 11.5. The van der Waals surface area contributed by atoms with E-state index in [2.05, 4.69) is 0 Å². The molecule has 0 radical (unpaired) electrons. The van der Waals surface area contributed by atoms with Gasteiger partial charge in [-0.1, -0.05) is 12.1 Å². The minimum atomic E-state index is -0.433. The number of hydrogen-bond acceptors (Lipinski definition) is 5. The van der Waals surface area contributed by atoms with E-state index in [1.165, 1.54) is 12.1 Å². The molecule has 2 aromatic carbocycles.